The number of hydrogen-bond acceptors (Lipinski definition) is 5. The Bertz CT molecular complexity index is 1380. The van der Waals surface area contributed by atoms with Crippen molar-refractivity contribution in [1.29, 1.82) is 0 Å². The number of anilines is 1. The van der Waals surface area contributed by atoms with E-state index in [1.165, 1.54) is 43.0 Å². The van der Waals surface area contributed by atoms with Gasteiger partial charge in [-0.2, -0.15) is 5.10 Å². The highest BCUT2D eigenvalue weighted by atomic mass is 32.2. The molecule has 2 fully saturated rings. The first-order valence-corrected chi connectivity index (χ1v) is 13.2. The van der Waals surface area contributed by atoms with E-state index in [1.54, 1.807) is 4.68 Å². The van der Waals surface area contributed by atoms with Crippen LogP contribution in [0.3, 0.4) is 0 Å². The minimum Gasteiger partial charge on any atom is -0.310 e. The van der Waals surface area contributed by atoms with Gasteiger partial charge in [0.25, 0.3) is 0 Å². The Morgan fingerprint density at radius 1 is 1.03 bits per heavy atom. The summed E-state index contributed by atoms with van der Waals surface area (Å²) in [5.41, 5.74) is 5.12. The maximum Gasteiger partial charge on any atom is 0.236 e. The quantitative estimate of drug-likeness (QED) is 0.325. The van der Waals surface area contributed by atoms with Gasteiger partial charge in [-0.25, -0.2) is 4.68 Å². The van der Waals surface area contributed by atoms with Crippen molar-refractivity contribution in [1.82, 2.24) is 24.5 Å². The average molecular weight is 485 g/mol. The molecule has 2 aromatic carbocycles. The van der Waals surface area contributed by atoms with Crippen LogP contribution in [0.25, 0.3) is 16.9 Å². The molecule has 35 heavy (non-hydrogen) atoms. The molecule has 4 aromatic rings. The summed E-state index contributed by atoms with van der Waals surface area (Å²) in [4.78, 5) is 13.1. The number of aromatic nitrogens is 5. The summed E-state index contributed by atoms with van der Waals surface area (Å²) in [5.74, 6) is 2.50. The number of aryl methyl sites for hydroxylation is 2. The van der Waals surface area contributed by atoms with E-state index in [0.29, 0.717) is 17.8 Å². The molecule has 0 saturated heterocycles. The zero-order chi connectivity index (χ0) is 23.9. The van der Waals surface area contributed by atoms with Gasteiger partial charge in [0.2, 0.25) is 5.91 Å². The van der Waals surface area contributed by atoms with Crippen molar-refractivity contribution in [3.63, 3.8) is 0 Å². The molecule has 2 aliphatic rings. The van der Waals surface area contributed by atoms with Crippen LogP contribution in [0.1, 0.15) is 54.6 Å². The van der Waals surface area contributed by atoms with Gasteiger partial charge in [-0.1, -0.05) is 47.7 Å². The first-order chi connectivity index (χ1) is 17.1. The van der Waals surface area contributed by atoms with Gasteiger partial charge >= 0.3 is 0 Å². The Hall–Kier alpha value is -3.39. The lowest BCUT2D eigenvalue weighted by Crippen LogP contribution is -2.17. The zero-order valence-electron chi connectivity index (χ0n) is 19.9. The number of amides is 1. The van der Waals surface area contributed by atoms with E-state index in [-0.39, 0.29) is 11.7 Å². The molecule has 0 radical (unpaired) electrons. The lowest BCUT2D eigenvalue weighted by molar-refractivity contribution is -0.113. The predicted octanol–water partition coefficient (Wildman–Crippen LogP) is 5.69. The van der Waals surface area contributed by atoms with Crippen LogP contribution >= 0.6 is 11.8 Å². The Balaban J connectivity index is 1.24. The minimum absolute atomic E-state index is 0.0853. The number of hydrogen-bond donors (Lipinski definition) is 1. The predicted molar refractivity (Wildman–Crippen MR) is 138 cm³/mol. The fourth-order valence-corrected chi connectivity index (χ4v) is 5.18. The van der Waals surface area contributed by atoms with Gasteiger partial charge in [-0.3, -0.25) is 4.79 Å². The summed E-state index contributed by atoms with van der Waals surface area (Å²) in [6, 6.07) is 18.7. The first kappa shape index (κ1) is 22.1. The third kappa shape index (κ3) is 4.62. The molecule has 178 valence electrons. The zero-order valence-corrected chi connectivity index (χ0v) is 20.8. The van der Waals surface area contributed by atoms with Gasteiger partial charge in [0, 0.05) is 23.6 Å². The van der Waals surface area contributed by atoms with Gasteiger partial charge in [-0.15, -0.1) is 10.2 Å². The molecule has 2 saturated carbocycles. The van der Waals surface area contributed by atoms with Crippen LogP contribution in [0, 0.1) is 13.8 Å². The molecule has 6 rings (SSSR count). The number of carbonyl (C=O) groups is 1. The summed E-state index contributed by atoms with van der Waals surface area (Å²) in [7, 11) is 0. The lowest BCUT2D eigenvalue weighted by atomic mass is 10.0. The van der Waals surface area contributed by atoms with Crippen LogP contribution in [0.15, 0.2) is 59.8 Å². The summed E-state index contributed by atoms with van der Waals surface area (Å²) in [5, 5.41) is 17.7. The molecule has 0 aliphatic heterocycles. The van der Waals surface area contributed by atoms with Gasteiger partial charge in [0.15, 0.2) is 5.16 Å². The maximum absolute atomic E-state index is 13.1. The van der Waals surface area contributed by atoms with E-state index in [9.17, 15) is 4.79 Å². The highest BCUT2D eigenvalue weighted by Crippen LogP contribution is 2.46. The van der Waals surface area contributed by atoms with Crippen molar-refractivity contribution in [2.75, 3.05) is 11.1 Å². The molecule has 1 N–H and O–H groups in total. The van der Waals surface area contributed by atoms with E-state index in [0.717, 1.165) is 33.5 Å². The van der Waals surface area contributed by atoms with Crippen molar-refractivity contribution < 1.29 is 4.79 Å². The second-order valence-electron chi connectivity index (χ2n) is 9.53. The van der Waals surface area contributed by atoms with Crippen molar-refractivity contribution in [2.24, 2.45) is 0 Å². The van der Waals surface area contributed by atoms with Crippen LogP contribution in [-0.4, -0.2) is 36.2 Å². The maximum atomic E-state index is 13.1. The number of nitrogens with zero attached hydrogens (tertiary/aromatic N) is 5. The highest BCUT2D eigenvalue weighted by molar-refractivity contribution is 7.99. The fourth-order valence-electron chi connectivity index (χ4n) is 4.37. The van der Waals surface area contributed by atoms with E-state index in [1.807, 2.05) is 36.4 Å². The Morgan fingerprint density at radius 3 is 2.57 bits per heavy atom. The molecule has 2 heterocycles. The lowest BCUT2D eigenvalue weighted by Gasteiger charge is -2.10. The molecule has 0 unspecified atom stereocenters. The van der Waals surface area contributed by atoms with Gasteiger partial charge in [0.1, 0.15) is 11.6 Å². The van der Waals surface area contributed by atoms with Crippen LogP contribution < -0.4 is 5.32 Å². The minimum atomic E-state index is -0.0853. The molecular formula is C27H28N6OS. The molecule has 0 atom stereocenters. The number of carbonyl (C=O) groups excluding carboxylic acids is 1. The van der Waals surface area contributed by atoms with Crippen LogP contribution in [0.2, 0.25) is 0 Å². The van der Waals surface area contributed by atoms with Crippen LogP contribution in [0.4, 0.5) is 5.82 Å². The normalized spacial score (nSPS) is 15.4. The van der Waals surface area contributed by atoms with Crippen molar-refractivity contribution in [3.05, 3.63) is 71.5 Å². The second-order valence-corrected chi connectivity index (χ2v) is 10.5. The first-order valence-electron chi connectivity index (χ1n) is 12.2. The number of para-hydroxylation sites is 1. The topological polar surface area (TPSA) is 77.6 Å². The average Bonchev–Trinajstić information content (AvgIpc) is 3.80. The third-order valence-electron chi connectivity index (χ3n) is 6.52. The van der Waals surface area contributed by atoms with E-state index in [4.69, 9.17) is 5.10 Å². The highest BCUT2D eigenvalue weighted by Gasteiger charge is 2.36. The Labute approximate surface area is 209 Å². The summed E-state index contributed by atoms with van der Waals surface area (Å²) < 4.78 is 4.08. The van der Waals surface area contributed by atoms with E-state index >= 15 is 0 Å². The van der Waals surface area contributed by atoms with E-state index in [2.05, 4.69) is 52.1 Å². The van der Waals surface area contributed by atoms with Crippen LogP contribution in [0.5, 0.6) is 0 Å². The van der Waals surface area contributed by atoms with Crippen molar-refractivity contribution in [2.45, 2.75) is 56.6 Å². The fraction of sp³-hybridized carbons (Fsp3) is 0.333. The molecule has 7 nitrogen and oxygen atoms in total. The molecular weight excluding hydrogens is 456 g/mol. The van der Waals surface area contributed by atoms with Gasteiger partial charge in [-0.05, 0) is 63.3 Å². The number of thioether (sulfide) groups is 1. The monoisotopic (exact) mass is 484 g/mol. The number of benzene rings is 2. The van der Waals surface area contributed by atoms with Crippen molar-refractivity contribution >= 4 is 23.5 Å². The SMILES string of the molecule is Cc1ccc(C)c(-c2cc(NC(=O)CSc3nnc(C4CC4)n3C3CC3)n(-c3ccccc3)n2)c1. The molecule has 0 bridgehead atoms. The van der Waals surface area contributed by atoms with Crippen molar-refractivity contribution in [3.8, 4) is 16.9 Å². The van der Waals surface area contributed by atoms with E-state index < -0.39 is 0 Å². The summed E-state index contributed by atoms with van der Waals surface area (Å²) in [6.45, 7) is 4.16. The Kier molecular flexibility index (Phi) is 5.68. The molecule has 1 amide bonds. The standard InChI is InChI=1S/C27H28N6OS/c1-17-8-9-18(2)22(14-17)23-15-24(33(31-23)21-6-4-3-5-7-21)28-25(34)16-35-27-30-29-26(19-10-11-19)32(27)20-12-13-20/h3-9,14-15,19-20H,10-13,16H2,1-2H3,(H,28,34). The third-order valence-corrected chi connectivity index (χ3v) is 7.47. The molecule has 2 aromatic heterocycles. The molecule has 2 aliphatic carbocycles. The number of rotatable bonds is 8. The van der Waals surface area contributed by atoms with Crippen LogP contribution in [-0.2, 0) is 4.79 Å². The number of nitrogens with one attached hydrogen (secondary N) is 1. The summed E-state index contributed by atoms with van der Waals surface area (Å²) in [6.07, 6.45) is 4.74. The largest absolute Gasteiger partial charge is 0.310 e. The van der Waals surface area contributed by atoms with Gasteiger partial charge in [0.05, 0.1) is 17.1 Å². The summed E-state index contributed by atoms with van der Waals surface area (Å²) >= 11 is 1.47. The molecule has 0 spiro atoms. The Morgan fingerprint density at radius 2 is 1.83 bits per heavy atom. The second kappa shape index (κ2) is 9.00. The van der Waals surface area contributed by atoms with Gasteiger partial charge < -0.3 is 9.88 Å². The smallest absolute Gasteiger partial charge is 0.236 e. The molecule has 8 heteroatoms.